The zero-order valence-electron chi connectivity index (χ0n) is 10.8. The van der Waals surface area contributed by atoms with Crippen molar-refractivity contribution in [3.8, 4) is 5.75 Å². The number of thioether (sulfide) groups is 1. The first-order valence-corrected chi connectivity index (χ1v) is 7.95. The molecule has 106 valence electrons. The Balaban J connectivity index is 1.70. The molecule has 2 rings (SSSR count). The first-order valence-electron chi connectivity index (χ1n) is 6.21. The predicted octanol–water partition coefficient (Wildman–Crippen LogP) is 5.14. The van der Waals surface area contributed by atoms with Crippen LogP contribution < -0.4 is 10.5 Å². The normalized spacial score (nSPS) is 10.5. The Kier molecular flexibility index (Phi) is 5.89. The van der Waals surface area contributed by atoms with Crippen LogP contribution in [0.1, 0.15) is 6.42 Å². The second-order valence-electron chi connectivity index (χ2n) is 4.20. The molecule has 2 aromatic rings. The summed E-state index contributed by atoms with van der Waals surface area (Å²) in [7, 11) is 0. The Bertz CT molecular complexity index is 578. The molecule has 0 bridgehead atoms. The lowest BCUT2D eigenvalue weighted by Gasteiger charge is -2.07. The van der Waals surface area contributed by atoms with E-state index >= 15 is 0 Å². The fraction of sp³-hybridized carbons (Fsp3) is 0.200. The number of benzene rings is 2. The topological polar surface area (TPSA) is 35.2 Å². The van der Waals surface area contributed by atoms with Gasteiger partial charge in [0.15, 0.2) is 0 Å². The standard InChI is InChI=1S/C15H15Cl2NOS/c16-14-6-5-13(10-15(14)17)20-8-2-7-19-12-4-1-3-11(18)9-12/h1,3-6,9-10H,2,7-8,18H2. The number of rotatable bonds is 6. The number of hydrogen-bond acceptors (Lipinski definition) is 3. The summed E-state index contributed by atoms with van der Waals surface area (Å²) in [5.74, 6) is 1.77. The van der Waals surface area contributed by atoms with Crippen molar-refractivity contribution in [2.24, 2.45) is 0 Å². The molecule has 0 aliphatic heterocycles. The highest BCUT2D eigenvalue weighted by molar-refractivity contribution is 7.99. The van der Waals surface area contributed by atoms with Gasteiger partial charge in [-0.05, 0) is 36.8 Å². The molecule has 0 heterocycles. The number of nitrogen functional groups attached to an aromatic ring is 1. The van der Waals surface area contributed by atoms with Crippen LogP contribution in [0.2, 0.25) is 10.0 Å². The van der Waals surface area contributed by atoms with Gasteiger partial charge in [0.2, 0.25) is 0 Å². The van der Waals surface area contributed by atoms with Crippen LogP contribution in [0.3, 0.4) is 0 Å². The molecule has 20 heavy (non-hydrogen) atoms. The molecule has 0 unspecified atom stereocenters. The highest BCUT2D eigenvalue weighted by Crippen LogP contribution is 2.28. The molecule has 5 heteroatoms. The zero-order valence-corrected chi connectivity index (χ0v) is 13.1. The molecule has 0 aromatic heterocycles. The van der Waals surface area contributed by atoms with Crippen LogP contribution in [0, 0.1) is 0 Å². The third kappa shape index (κ3) is 4.82. The molecule has 0 saturated heterocycles. The predicted molar refractivity (Wildman–Crippen MR) is 88.2 cm³/mol. The molecule has 0 spiro atoms. The van der Waals surface area contributed by atoms with Crippen molar-refractivity contribution in [3.63, 3.8) is 0 Å². The largest absolute Gasteiger partial charge is 0.493 e. The van der Waals surface area contributed by atoms with Crippen molar-refractivity contribution in [3.05, 3.63) is 52.5 Å². The van der Waals surface area contributed by atoms with E-state index in [-0.39, 0.29) is 0 Å². The first kappa shape index (κ1) is 15.4. The quantitative estimate of drug-likeness (QED) is 0.453. The fourth-order valence-corrected chi connectivity index (χ4v) is 2.84. The van der Waals surface area contributed by atoms with Crippen molar-refractivity contribution in [2.45, 2.75) is 11.3 Å². The maximum Gasteiger partial charge on any atom is 0.121 e. The van der Waals surface area contributed by atoms with Crippen molar-refractivity contribution in [2.75, 3.05) is 18.1 Å². The summed E-state index contributed by atoms with van der Waals surface area (Å²) in [6.45, 7) is 0.664. The summed E-state index contributed by atoms with van der Waals surface area (Å²) in [4.78, 5) is 1.11. The number of halogens is 2. The highest BCUT2D eigenvalue weighted by atomic mass is 35.5. The Morgan fingerprint density at radius 2 is 1.90 bits per heavy atom. The maximum atomic E-state index is 5.97. The van der Waals surface area contributed by atoms with Gasteiger partial charge in [0, 0.05) is 22.4 Å². The van der Waals surface area contributed by atoms with Crippen LogP contribution >= 0.6 is 35.0 Å². The van der Waals surface area contributed by atoms with Gasteiger partial charge in [-0.25, -0.2) is 0 Å². The molecule has 0 saturated carbocycles. The van der Waals surface area contributed by atoms with Crippen molar-refractivity contribution in [1.82, 2.24) is 0 Å². The molecule has 0 atom stereocenters. The van der Waals surface area contributed by atoms with Gasteiger partial charge in [0.25, 0.3) is 0 Å². The van der Waals surface area contributed by atoms with Gasteiger partial charge in [-0.2, -0.15) is 0 Å². The molecule has 2 aromatic carbocycles. The maximum absolute atomic E-state index is 5.97. The minimum Gasteiger partial charge on any atom is -0.493 e. The number of anilines is 1. The van der Waals surface area contributed by atoms with Crippen molar-refractivity contribution < 1.29 is 4.74 Å². The van der Waals surface area contributed by atoms with Gasteiger partial charge in [0.1, 0.15) is 5.75 Å². The lowest BCUT2D eigenvalue weighted by Crippen LogP contribution is -1.99. The van der Waals surface area contributed by atoms with Crippen LogP contribution in [0.25, 0.3) is 0 Å². The Hall–Kier alpha value is -1.03. The average molecular weight is 328 g/mol. The van der Waals surface area contributed by atoms with E-state index in [1.165, 1.54) is 0 Å². The van der Waals surface area contributed by atoms with Crippen LogP contribution in [0.15, 0.2) is 47.4 Å². The second kappa shape index (κ2) is 7.67. The number of ether oxygens (including phenoxy) is 1. The average Bonchev–Trinajstić information content (AvgIpc) is 2.42. The first-order chi connectivity index (χ1) is 9.65. The fourth-order valence-electron chi connectivity index (χ4n) is 1.61. The van der Waals surface area contributed by atoms with E-state index in [0.29, 0.717) is 22.3 Å². The summed E-state index contributed by atoms with van der Waals surface area (Å²) in [5.41, 5.74) is 6.40. The van der Waals surface area contributed by atoms with Crippen LogP contribution in [-0.4, -0.2) is 12.4 Å². The Morgan fingerprint density at radius 3 is 2.65 bits per heavy atom. The van der Waals surface area contributed by atoms with E-state index in [9.17, 15) is 0 Å². The molecule has 2 nitrogen and oxygen atoms in total. The third-order valence-corrected chi connectivity index (χ3v) is 4.39. The number of hydrogen-bond donors (Lipinski definition) is 1. The van der Waals surface area contributed by atoms with Gasteiger partial charge in [0.05, 0.1) is 16.7 Å². The third-order valence-electron chi connectivity index (χ3n) is 2.58. The van der Waals surface area contributed by atoms with E-state index in [0.717, 1.165) is 22.8 Å². The van der Waals surface area contributed by atoms with Gasteiger partial charge >= 0.3 is 0 Å². The van der Waals surface area contributed by atoms with E-state index in [1.54, 1.807) is 11.8 Å². The van der Waals surface area contributed by atoms with Gasteiger partial charge in [-0.15, -0.1) is 11.8 Å². The Morgan fingerprint density at radius 1 is 1.05 bits per heavy atom. The van der Waals surface area contributed by atoms with Crippen molar-refractivity contribution >= 4 is 40.7 Å². The molecule has 0 aliphatic rings. The monoisotopic (exact) mass is 327 g/mol. The molecule has 2 N–H and O–H groups in total. The van der Waals surface area contributed by atoms with Gasteiger partial charge < -0.3 is 10.5 Å². The molecule has 0 radical (unpaired) electrons. The lowest BCUT2D eigenvalue weighted by molar-refractivity contribution is 0.319. The smallest absolute Gasteiger partial charge is 0.121 e. The van der Waals surface area contributed by atoms with E-state index < -0.39 is 0 Å². The van der Waals surface area contributed by atoms with Crippen LogP contribution in [0.4, 0.5) is 5.69 Å². The number of nitrogens with two attached hydrogens (primary N) is 1. The van der Waals surface area contributed by atoms with E-state index in [1.807, 2.05) is 42.5 Å². The molecule has 0 fully saturated rings. The summed E-state index contributed by atoms with van der Waals surface area (Å²) < 4.78 is 5.63. The Labute approximate surface area is 133 Å². The van der Waals surface area contributed by atoms with E-state index in [2.05, 4.69) is 0 Å². The summed E-state index contributed by atoms with van der Waals surface area (Å²) in [5, 5.41) is 1.17. The summed E-state index contributed by atoms with van der Waals surface area (Å²) >= 11 is 13.6. The van der Waals surface area contributed by atoms with Gasteiger partial charge in [-0.3, -0.25) is 0 Å². The van der Waals surface area contributed by atoms with Crippen molar-refractivity contribution in [1.29, 1.82) is 0 Å². The van der Waals surface area contributed by atoms with Crippen LogP contribution in [0.5, 0.6) is 5.75 Å². The minimum absolute atomic E-state index is 0.584. The zero-order chi connectivity index (χ0) is 14.4. The summed E-state index contributed by atoms with van der Waals surface area (Å²) in [6, 6.07) is 13.1. The SMILES string of the molecule is Nc1cccc(OCCCSc2ccc(Cl)c(Cl)c2)c1. The lowest BCUT2D eigenvalue weighted by atomic mass is 10.3. The summed E-state index contributed by atoms with van der Waals surface area (Å²) in [6.07, 6.45) is 0.944. The molecular weight excluding hydrogens is 313 g/mol. The molecular formula is C15H15Cl2NOS. The van der Waals surface area contributed by atoms with E-state index in [4.69, 9.17) is 33.7 Å². The highest BCUT2D eigenvalue weighted by Gasteiger charge is 2.00. The second-order valence-corrected chi connectivity index (χ2v) is 6.18. The minimum atomic E-state index is 0.584. The molecule has 0 aliphatic carbocycles. The molecule has 0 amide bonds. The van der Waals surface area contributed by atoms with Crippen LogP contribution in [-0.2, 0) is 0 Å². The van der Waals surface area contributed by atoms with Gasteiger partial charge in [-0.1, -0.05) is 29.3 Å².